The number of hydrogen-bond donors (Lipinski definition) is 2. The van der Waals surface area contributed by atoms with Crippen LogP contribution in [0, 0.1) is 12.8 Å². The summed E-state index contributed by atoms with van der Waals surface area (Å²) < 4.78 is 10.7. The lowest BCUT2D eigenvalue weighted by atomic mass is 10.0. The first-order chi connectivity index (χ1) is 22.0. The summed E-state index contributed by atoms with van der Waals surface area (Å²) in [5.41, 5.74) is 1.38. The van der Waals surface area contributed by atoms with Crippen molar-refractivity contribution in [1.29, 1.82) is 0 Å². The maximum atomic E-state index is 13.4. The van der Waals surface area contributed by atoms with Crippen LogP contribution in [0.1, 0.15) is 46.6 Å². The van der Waals surface area contributed by atoms with Gasteiger partial charge in [-0.05, 0) is 63.4 Å². The topological polar surface area (TPSA) is 125 Å². The molecule has 14 heteroatoms. The number of benzene rings is 2. The Labute approximate surface area is 295 Å². The van der Waals surface area contributed by atoms with E-state index in [0.717, 1.165) is 15.6 Å². The van der Waals surface area contributed by atoms with E-state index in [1.54, 1.807) is 45.0 Å². The zero-order valence-electron chi connectivity index (χ0n) is 27.0. The summed E-state index contributed by atoms with van der Waals surface area (Å²) in [6, 6.07) is 12.7. The molecule has 1 aliphatic heterocycles. The predicted molar refractivity (Wildman–Crippen MR) is 185 cm³/mol. The molecule has 0 radical (unpaired) electrons. The molecule has 1 aliphatic rings. The van der Waals surface area contributed by atoms with Gasteiger partial charge in [-0.2, -0.15) is 0 Å². The molecule has 256 valence electrons. The van der Waals surface area contributed by atoms with Gasteiger partial charge in [0.25, 0.3) is 5.91 Å². The Balaban J connectivity index is 0.000000573. The fourth-order valence-electron chi connectivity index (χ4n) is 4.70. The van der Waals surface area contributed by atoms with Crippen LogP contribution in [-0.2, 0) is 14.3 Å². The summed E-state index contributed by atoms with van der Waals surface area (Å²) in [4.78, 5) is 40.5. The predicted octanol–water partition coefficient (Wildman–Crippen LogP) is 7.29. The molecule has 1 saturated heterocycles. The van der Waals surface area contributed by atoms with Crippen LogP contribution in [0.4, 0.5) is 10.5 Å². The molecule has 3 atom stereocenters. The van der Waals surface area contributed by atoms with Gasteiger partial charge in [-0.3, -0.25) is 14.5 Å². The zero-order valence-corrected chi connectivity index (χ0v) is 30.1. The maximum absolute atomic E-state index is 13.4. The molecule has 2 N–H and O–H groups in total. The van der Waals surface area contributed by atoms with Gasteiger partial charge >= 0.3 is 6.09 Å². The van der Waals surface area contributed by atoms with Crippen LogP contribution in [0.3, 0.4) is 0 Å². The third kappa shape index (κ3) is 11.0. The third-order valence-electron chi connectivity index (χ3n) is 7.26. The van der Waals surface area contributed by atoms with Crippen LogP contribution in [-0.4, -0.2) is 74.8 Å². The van der Waals surface area contributed by atoms with Crippen LogP contribution in [0.15, 0.2) is 59.3 Å². The fourth-order valence-corrected chi connectivity index (χ4v) is 5.33. The third-order valence-corrected chi connectivity index (χ3v) is 8.45. The van der Waals surface area contributed by atoms with E-state index in [0.29, 0.717) is 17.0 Å². The van der Waals surface area contributed by atoms with Gasteiger partial charge in [0.05, 0.1) is 18.8 Å². The molecule has 0 saturated carbocycles. The summed E-state index contributed by atoms with van der Waals surface area (Å²) in [6.07, 6.45) is 0.0522. The number of hydrogen-bond acceptors (Lipinski definition) is 7. The minimum atomic E-state index is -1.33. The Hall–Kier alpha value is -3.02. The summed E-state index contributed by atoms with van der Waals surface area (Å²) in [6.45, 7) is 10.9. The first kappa shape index (κ1) is 38.4. The monoisotopic (exact) mass is 728 g/mol. The number of aliphatic hydroxyl groups is 1. The first-order valence-electron chi connectivity index (χ1n) is 15.0. The molecule has 47 heavy (non-hydrogen) atoms. The first-order valence-corrected chi connectivity index (χ1v) is 16.6. The second kappa shape index (κ2) is 16.9. The van der Waals surface area contributed by atoms with Crippen molar-refractivity contribution in [2.45, 2.75) is 76.6 Å². The van der Waals surface area contributed by atoms with Crippen molar-refractivity contribution in [3.63, 3.8) is 0 Å². The zero-order chi connectivity index (χ0) is 35.1. The lowest BCUT2D eigenvalue weighted by molar-refractivity contribution is -0.126. The molecule has 1 aromatic heterocycles. The average molecular weight is 731 g/mol. The Morgan fingerprint density at radius 1 is 1.11 bits per heavy atom. The van der Waals surface area contributed by atoms with Crippen LogP contribution >= 0.6 is 46.4 Å². The second-order valence-electron chi connectivity index (χ2n) is 12.4. The summed E-state index contributed by atoms with van der Waals surface area (Å²) in [7, 11) is 0. The van der Waals surface area contributed by atoms with E-state index in [2.05, 4.69) is 10.5 Å². The highest BCUT2D eigenvalue weighted by molar-refractivity contribution is 6.54. The SMILES string of the molecule is CC(C)C(CN(C(=O)C(Cl)Cl)c1cccc(-c2ccno2)c1)NC(=O)C1CC(O)CN1C(=O)OC(C)(C)C.Cc1c(Cl)cccc1Cl. The molecule has 0 aliphatic carbocycles. The van der Waals surface area contributed by atoms with Crippen molar-refractivity contribution < 1.29 is 28.8 Å². The Bertz CT molecular complexity index is 1490. The van der Waals surface area contributed by atoms with Gasteiger partial charge in [-0.25, -0.2) is 4.79 Å². The molecular formula is C33H40Cl4N4O6. The van der Waals surface area contributed by atoms with Crippen LogP contribution in [0.5, 0.6) is 0 Å². The minimum Gasteiger partial charge on any atom is -0.444 e. The van der Waals surface area contributed by atoms with Crippen LogP contribution in [0.25, 0.3) is 11.3 Å². The van der Waals surface area contributed by atoms with Crippen molar-refractivity contribution in [1.82, 2.24) is 15.4 Å². The standard InChI is InChI=1S/C26H34Cl2N4O6.C7H6Cl2/c1-15(2)19(30-23(34)20-12-18(33)13-32(20)25(36)37-26(3,4)5)14-31(24(35)22(27)28)17-8-6-7-16(11-17)21-9-10-29-38-21;1-5-6(8)3-2-4-7(5)9/h6-11,15,18-20,22,33H,12-14H2,1-5H3,(H,30,34);2-4H,1H3. The number of alkyl halides is 2. The average Bonchev–Trinajstić information content (AvgIpc) is 3.67. The highest BCUT2D eigenvalue weighted by Gasteiger charge is 2.42. The molecule has 1 fully saturated rings. The second-order valence-corrected chi connectivity index (χ2v) is 14.3. The summed E-state index contributed by atoms with van der Waals surface area (Å²) in [5.74, 6) is -0.614. The van der Waals surface area contributed by atoms with Gasteiger partial charge in [0.15, 0.2) is 10.6 Å². The van der Waals surface area contributed by atoms with E-state index in [4.69, 9.17) is 55.7 Å². The van der Waals surface area contributed by atoms with Gasteiger partial charge in [0.2, 0.25) is 5.91 Å². The Kier molecular flexibility index (Phi) is 13.8. The number of anilines is 1. The number of carbonyl (C=O) groups excluding carboxylic acids is 3. The van der Waals surface area contributed by atoms with Gasteiger partial charge in [-0.15, -0.1) is 0 Å². The number of halogens is 4. The number of ether oxygens (including phenoxy) is 1. The molecule has 0 bridgehead atoms. The Morgan fingerprint density at radius 3 is 2.28 bits per heavy atom. The van der Waals surface area contributed by atoms with Gasteiger partial charge in [0.1, 0.15) is 11.6 Å². The number of β-amino-alcohol motifs (C(OH)–C–C–N with tert-alkyl or cyclic N) is 1. The number of nitrogens with one attached hydrogen (secondary N) is 1. The fraction of sp³-hybridized carbons (Fsp3) is 0.455. The van der Waals surface area contributed by atoms with E-state index < -0.39 is 46.5 Å². The number of nitrogens with zero attached hydrogens (tertiary/aromatic N) is 3. The van der Waals surface area contributed by atoms with Gasteiger partial charge in [-0.1, -0.05) is 83.6 Å². The van der Waals surface area contributed by atoms with Crippen LogP contribution < -0.4 is 10.2 Å². The quantitative estimate of drug-likeness (QED) is 0.233. The smallest absolute Gasteiger partial charge is 0.411 e. The molecule has 2 aromatic carbocycles. The van der Waals surface area contributed by atoms with Gasteiger partial charge < -0.3 is 24.6 Å². The number of aromatic nitrogens is 1. The number of aliphatic hydroxyl groups excluding tert-OH is 1. The number of amides is 3. The lowest BCUT2D eigenvalue weighted by Crippen LogP contribution is -2.54. The van der Waals surface area contributed by atoms with E-state index in [1.807, 2.05) is 45.0 Å². The summed E-state index contributed by atoms with van der Waals surface area (Å²) in [5, 5.41) is 18.3. The molecule has 3 unspecified atom stereocenters. The largest absolute Gasteiger partial charge is 0.444 e. The number of rotatable bonds is 8. The molecule has 2 heterocycles. The highest BCUT2D eigenvalue weighted by atomic mass is 35.5. The normalized spacial score (nSPS) is 16.8. The molecule has 10 nitrogen and oxygen atoms in total. The molecule has 4 rings (SSSR count). The van der Waals surface area contributed by atoms with E-state index in [1.165, 1.54) is 16.0 Å². The minimum absolute atomic E-state index is 0.0153. The maximum Gasteiger partial charge on any atom is 0.411 e. The van der Waals surface area contributed by atoms with Gasteiger partial charge in [0, 0.05) is 46.4 Å². The van der Waals surface area contributed by atoms with E-state index >= 15 is 0 Å². The van der Waals surface area contributed by atoms with E-state index in [-0.39, 0.29) is 25.4 Å². The molecule has 3 amide bonds. The molecular weight excluding hydrogens is 690 g/mol. The van der Waals surface area contributed by atoms with Crippen LogP contribution in [0.2, 0.25) is 10.0 Å². The van der Waals surface area contributed by atoms with Crippen molar-refractivity contribution in [2.24, 2.45) is 5.92 Å². The van der Waals surface area contributed by atoms with Crippen molar-refractivity contribution in [3.8, 4) is 11.3 Å². The molecule has 3 aromatic rings. The molecule has 0 spiro atoms. The van der Waals surface area contributed by atoms with Crippen molar-refractivity contribution in [2.75, 3.05) is 18.0 Å². The number of likely N-dealkylation sites (tertiary alicyclic amines) is 1. The number of carbonyl (C=O) groups is 3. The summed E-state index contributed by atoms with van der Waals surface area (Å²) >= 11 is 23.4. The van der Waals surface area contributed by atoms with Crippen molar-refractivity contribution >= 4 is 70.0 Å². The lowest BCUT2D eigenvalue weighted by Gasteiger charge is -2.33. The Morgan fingerprint density at radius 2 is 1.74 bits per heavy atom. The van der Waals surface area contributed by atoms with Crippen molar-refractivity contribution in [3.05, 3.63) is 70.3 Å². The van der Waals surface area contributed by atoms with E-state index in [9.17, 15) is 19.5 Å². The highest BCUT2D eigenvalue weighted by Crippen LogP contribution is 2.28.